The van der Waals surface area contributed by atoms with Gasteiger partial charge in [-0.3, -0.25) is 9.59 Å². The van der Waals surface area contributed by atoms with Crippen LogP contribution >= 0.6 is 0 Å². The van der Waals surface area contributed by atoms with Crippen molar-refractivity contribution in [3.63, 3.8) is 0 Å². The van der Waals surface area contributed by atoms with Crippen molar-refractivity contribution in [2.45, 2.75) is 182 Å². The van der Waals surface area contributed by atoms with E-state index in [9.17, 15) is 34.8 Å². The maximum atomic E-state index is 13.7. The highest BCUT2D eigenvalue weighted by molar-refractivity contribution is 5.91. The number of esters is 1. The van der Waals surface area contributed by atoms with E-state index in [0.717, 1.165) is 25.7 Å². The average molecular weight is 803 g/mol. The van der Waals surface area contributed by atoms with Gasteiger partial charge in [0, 0.05) is 42.1 Å². The van der Waals surface area contributed by atoms with Crippen LogP contribution in [0, 0.1) is 59.2 Å². The Kier molecular flexibility index (Phi) is 18.4. The molecular weight excluding hydrogens is 725 g/mol. The number of rotatable bonds is 4. The summed E-state index contributed by atoms with van der Waals surface area (Å²) in [6.45, 7) is 22.2. The molecule has 0 radical (unpaired) electrons. The van der Waals surface area contributed by atoms with Crippen LogP contribution in [0.4, 0.5) is 0 Å². The lowest BCUT2D eigenvalue weighted by Gasteiger charge is -2.55. The highest BCUT2D eigenvalue weighted by Crippen LogP contribution is 2.49. The Morgan fingerprint density at radius 3 is 2.12 bits per heavy atom. The van der Waals surface area contributed by atoms with E-state index in [4.69, 9.17) is 14.2 Å². The van der Waals surface area contributed by atoms with Gasteiger partial charge in [0.1, 0.15) is 17.5 Å². The van der Waals surface area contributed by atoms with Crippen LogP contribution in [0.15, 0.2) is 36.5 Å². The van der Waals surface area contributed by atoms with Crippen molar-refractivity contribution >= 4 is 17.5 Å². The van der Waals surface area contributed by atoms with E-state index >= 15 is 0 Å². The monoisotopic (exact) mass is 803 g/mol. The molecule has 0 aromatic carbocycles. The molecule has 10 nitrogen and oxygen atoms in total. The molecule has 0 aromatic rings. The fourth-order valence-electron chi connectivity index (χ4n) is 9.26. The molecule has 1 spiro atoms. The molecule has 2 fully saturated rings. The van der Waals surface area contributed by atoms with Crippen LogP contribution in [-0.4, -0.2) is 86.0 Å². The Morgan fingerprint density at radius 1 is 0.825 bits per heavy atom. The Hall–Kier alpha value is -2.21. The van der Waals surface area contributed by atoms with Crippen LogP contribution in [0.1, 0.15) is 134 Å². The van der Waals surface area contributed by atoms with Gasteiger partial charge in [-0.25, -0.2) is 4.79 Å². The Morgan fingerprint density at radius 2 is 1.49 bits per heavy atom. The molecule has 3 rings (SSSR count). The molecule has 57 heavy (non-hydrogen) atoms. The lowest BCUT2D eigenvalue weighted by molar-refractivity contribution is -0.371. The third-order valence-electron chi connectivity index (χ3n) is 14.4. The number of aliphatic hydroxyl groups excluding tert-OH is 3. The van der Waals surface area contributed by atoms with Crippen molar-refractivity contribution in [2.75, 3.05) is 0 Å². The Balaban J connectivity index is 1.99. The van der Waals surface area contributed by atoms with Gasteiger partial charge >= 0.3 is 5.97 Å². The number of hydrogen-bond acceptors (Lipinski definition) is 10. The zero-order chi connectivity index (χ0) is 43.0. The molecule has 0 aliphatic carbocycles. The van der Waals surface area contributed by atoms with Gasteiger partial charge in [-0.1, -0.05) is 107 Å². The zero-order valence-corrected chi connectivity index (χ0v) is 37.1. The maximum absolute atomic E-state index is 13.7. The second-order valence-electron chi connectivity index (χ2n) is 18.6. The van der Waals surface area contributed by atoms with Gasteiger partial charge < -0.3 is 34.6 Å². The van der Waals surface area contributed by atoms with Crippen molar-refractivity contribution in [3.05, 3.63) is 36.5 Å². The van der Waals surface area contributed by atoms with E-state index in [1.165, 1.54) is 19.9 Å². The van der Waals surface area contributed by atoms with Crippen LogP contribution in [0.2, 0.25) is 0 Å². The summed E-state index contributed by atoms with van der Waals surface area (Å²) in [6, 6.07) is 0. The van der Waals surface area contributed by atoms with Gasteiger partial charge in [-0.2, -0.15) is 0 Å². The van der Waals surface area contributed by atoms with E-state index in [1.54, 1.807) is 26.8 Å². The standard InChI is InChI=1S/C47H78O10/c1-13-36-19-17-15-16-18-29(5)44(52)46(12,54)45(53)34(10)42(51)33(9)41(50)31(7)30(6)27(3)20-23-40(49)55-43-32(8)38(22-21-36)56-47(35(43)11)25-24-28(4)39(57-47)26-37(48)14-2/h15-17,19-20,23,27-39,42-44,48,51-52,54H,13-14,18,21-22,24-26H2,1-12H3/b16-15+,19-17+,23-20+/t27?,28?,29?,30?,31?,32?,33?,34?,35?,36?,37?,38?,39?,42?,43?,44-,46+,47?/m1/s1. The summed E-state index contributed by atoms with van der Waals surface area (Å²) in [5.74, 6) is -5.73. The normalized spacial score (nSPS) is 46.2. The van der Waals surface area contributed by atoms with Crippen molar-refractivity contribution in [1.29, 1.82) is 0 Å². The van der Waals surface area contributed by atoms with Crippen molar-refractivity contribution in [3.8, 4) is 0 Å². The van der Waals surface area contributed by atoms with Crippen LogP contribution < -0.4 is 0 Å². The lowest BCUT2D eigenvalue weighted by Crippen LogP contribution is -2.62. The first kappa shape index (κ1) is 49.2. The first-order valence-electron chi connectivity index (χ1n) is 22.1. The molecule has 3 aliphatic heterocycles. The summed E-state index contributed by atoms with van der Waals surface area (Å²) in [5, 5.41) is 44.3. The number of ether oxygens (including phenoxy) is 3. The summed E-state index contributed by atoms with van der Waals surface area (Å²) in [7, 11) is 0. The van der Waals surface area contributed by atoms with E-state index < -0.39 is 71.2 Å². The molecule has 18 atom stereocenters. The predicted molar refractivity (Wildman–Crippen MR) is 223 cm³/mol. The average Bonchev–Trinajstić information content (AvgIpc) is 3.19. The molecule has 0 aromatic heterocycles. The molecule has 3 heterocycles. The largest absolute Gasteiger partial charge is 0.458 e. The second-order valence-corrected chi connectivity index (χ2v) is 18.6. The lowest BCUT2D eigenvalue weighted by atomic mass is 9.73. The minimum Gasteiger partial charge on any atom is -0.458 e. The number of ketones is 2. The maximum Gasteiger partial charge on any atom is 0.330 e. The molecule has 16 unspecified atom stereocenters. The highest BCUT2D eigenvalue weighted by atomic mass is 16.7. The second kappa shape index (κ2) is 21.4. The summed E-state index contributed by atoms with van der Waals surface area (Å²) < 4.78 is 20.3. The first-order chi connectivity index (χ1) is 26.6. The number of carbonyl (C=O) groups is 3. The molecule has 3 aliphatic rings. The van der Waals surface area contributed by atoms with Gasteiger partial charge in [-0.15, -0.1) is 0 Å². The third kappa shape index (κ3) is 12.0. The zero-order valence-electron chi connectivity index (χ0n) is 37.1. The summed E-state index contributed by atoms with van der Waals surface area (Å²) in [6.07, 6.45) is 12.6. The highest BCUT2D eigenvalue weighted by Gasteiger charge is 2.56. The number of Topliss-reactive ketones (excluding diaryl/α,β-unsaturated/α-hetero) is 2. The molecule has 0 saturated carbocycles. The first-order valence-corrected chi connectivity index (χ1v) is 22.1. The number of hydrogen-bond donors (Lipinski definition) is 4. The number of allylic oxidation sites excluding steroid dienone is 5. The van der Waals surface area contributed by atoms with Gasteiger partial charge in [0.2, 0.25) is 0 Å². The summed E-state index contributed by atoms with van der Waals surface area (Å²) in [5.41, 5.74) is -2.14. The molecule has 10 heteroatoms. The minimum absolute atomic E-state index is 0.119. The predicted octanol–water partition coefficient (Wildman–Crippen LogP) is 7.55. The Bertz CT molecular complexity index is 1400. The van der Waals surface area contributed by atoms with Crippen molar-refractivity contribution < 1.29 is 49.0 Å². The van der Waals surface area contributed by atoms with Crippen molar-refractivity contribution in [2.24, 2.45) is 59.2 Å². The molecule has 2 saturated heterocycles. The van der Waals surface area contributed by atoms with E-state index in [2.05, 4.69) is 26.8 Å². The van der Waals surface area contributed by atoms with E-state index in [0.29, 0.717) is 25.7 Å². The quantitative estimate of drug-likeness (QED) is 0.209. The minimum atomic E-state index is -2.14. The van der Waals surface area contributed by atoms with Crippen LogP contribution in [-0.2, 0) is 28.6 Å². The Labute approximate surface area is 343 Å². The van der Waals surface area contributed by atoms with Gasteiger partial charge in [-0.05, 0) is 81.5 Å². The van der Waals surface area contributed by atoms with Gasteiger partial charge in [0.25, 0.3) is 0 Å². The van der Waals surface area contributed by atoms with Crippen LogP contribution in [0.3, 0.4) is 0 Å². The molecule has 2 bridgehead atoms. The van der Waals surface area contributed by atoms with Gasteiger partial charge in [0.15, 0.2) is 11.6 Å². The topological polar surface area (TPSA) is 160 Å². The fraction of sp³-hybridized carbons (Fsp3) is 0.809. The third-order valence-corrected chi connectivity index (χ3v) is 14.4. The molecule has 326 valence electrons. The van der Waals surface area contributed by atoms with Crippen LogP contribution in [0.5, 0.6) is 0 Å². The number of carbonyl (C=O) groups excluding carboxylic acids is 3. The SMILES string of the molecule is CCC(O)CC1OC2(CCC1C)OC1CCC(CC)/C=C/C=C/CC(C)[C@@H](O)[C@](C)(O)C(=O)C(C)C(O)C(C)C(=O)C(C)C(C)C(C)/C=C/C(=O)OC(C1C)C2C. The molecular formula is C47H78O10. The van der Waals surface area contributed by atoms with Crippen LogP contribution in [0.25, 0.3) is 0 Å². The smallest absolute Gasteiger partial charge is 0.330 e. The van der Waals surface area contributed by atoms with Gasteiger partial charge in [0.05, 0.1) is 30.5 Å². The summed E-state index contributed by atoms with van der Waals surface area (Å²) >= 11 is 0. The van der Waals surface area contributed by atoms with E-state index in [1.807, 2.05) is 45.9 Å². The number of fused-ring (bicyclic) bond motifs is 2. The van der Waals surface area contributed by atoms with Crippen molar-refractivity contribution in [1.82, 2.24) is 0 Å². The molecule has 4 N–H and O–H groups in total. The fourth-order valence-corrected chi connectivity index (χ4v) is 9.26. The summed E-state index contributed by atoms with van der Waals surface area (Å²) in [4.78, 5) is 40.9. The number of aliphatic hydroxyl groups is 4. The van der Waals surface area contributed by atoms with E-state index in [-0.39, 0.29) is 53.5 Å². The molecule has 0 amide bonds.